The number of hydrogen-bond donors (Lipinski definition) is 0. The Bertz CT molecular complexity index is 2950. The molecule has 6 heteroatoms. The van der Waals surface area contributed by atoms with Gasteiger partial charge in [0, 0.05) is 39.9 Å². The molecule has 8 aromatic carbocycles. The second-order valence-electron chi connectivity index (χ2n) is 14.1. The van der Waals surface area contributed by atoms with Crippen molar-refractivity contribution in [3.8, 4) is 28.3 Å². The Morgan fingerprint density at radius 1 is 0.421 bits per heavy atom. The second-order valence-corrected chi connectivity index (χ2v) is 14.1. The maximum Gasteiger partial charge on any atom is 0.343 e. The smallest absolute Gasteiger partial charge is 0.343 e. The van der Waals surface area contributed by atoms with E-state index < -0.39 is 11.9 Å². The topological polar surface area (TPSA) is 60.8 Å². The third-order valence-corrected chi connectivity index (χ3v) is 10.6. The molecule has 6 nitrogen and oxygen atoms in total. The Balaban J connectivity index is 0.976. The maximum atomic E-state index is 12.9. The van der Waals surface area contributed by atoms with E-state index in [1.54, 1.807) is 24.3 Å². The zero-order valence-corrected chi connectivity index (χ0v) is 30.7. The number of anilines is 3. The van der Waals surface area contributed by atoms with Crippen molar-refractivity contribution in [3.63, 3.8) is 0 Å². The third kappa shape index (κ3) is 6.29. The van der Waals surface area contributed by atoms with E-state index in [9.17, 15) is 9.59 Å². The fourth-order valence-electron chi connectivity index (χ4n) is 7.85. The lowest BCUT2D eigenvalue weighted by Crippen LogP contribution is -2.18. The number of rotatable bonds is 7. The maximum absolute atomic E-state index is 12.9. The molecule has 2 heterocycles. The highest BCUT2D eigenvalue weighted by Crippen LogP contribution is 2.45. The molecule has 1 aromatic heterocycles. The van der Waals surface area contributed by atoms with Crippen molar-refractivity contribution >= 4 is 50.8 Å². The molecule has 0 N–H and O–H groups in total. The molecule has 272 valence electrons. The van der Waals surface area contributed by atoms with Crippen molar-refractivity contribution < 1.29 is 19.1 Å². The molecule has 0 aliphatic carbocycles. The summed E-state index contributed by atoms with van der Waals surface area (Å²) in [5.74, 6) is 0.243. The lowest BCUT2D eigenvalue weighted by Gasteiger charge is -2.34. The average molecular weight is 739 g/mol. The first-order chi connectivity index (χ1) is 28.1. The predicted octanol–water partition coefficient (Wildman–Crippen LogP) is 12.3. The van der Waals surface area contributed by atoms with Crippen LogP contribution in [0.15, 0.2) is 194 Å². The number of para-hydroxylation sites is 4. The first-order valence-electron chi connectivity index (χ1n) is 18.9. The van der Waals surface area contributed by atoms with E-state index in [0.29, 0.717) is 22.6 Å². The van der Waals surface area contributed by atoms with Crippen LogP contribution >= 0.6 is 0 Å². The van der Waals surface area contributed by atoms with E-state index in [1.165, 1.54) is 11.1 Å². The Kier molecular flexibility index (Phi) is 8.42. The van der Waals surface area contributed by atoms with E-state index in [1.807, 2.05) is 84.9 Å². The van der Waals surface area contributed by atoms with Gasteiger partial charge in [-0.25, -0.2) is 9.59 Å². The van der Waals surface area contributed by atoms with E-state index in [-0.39, 0.29) is 0 Å². The molecular formula is C51H34N2O4. The number of carbonyl (C=O) groups excluding carboxylic acids is 2. The molecule has 9 aromatic rings. The number of hydrogen-bond acceptors (Lipinski definition) is 5. The van der Waals surface area contributed by atoms with Gasteiger partial charge in [-0.05, 0) is 131 Å². The summed E-state index contributed by atoms with van der Waals surface area (Å²) in [6.45, 7) is 0. The van der Waals surface area contributed by atoms with Crippen LogP contribution in [-0.4, -0.2) is 16.5 Å². The van der Waals surface area contributed by atoms with Gasteiger partial charge in [0.2, 0.25) is 0 Å². The van der Waals surface area contributed by atoms with Crippen LogP contribution < -0.4 is 14.4 Å². The van der Waals surface area contributed by atoms with Crippen LogP contribution in [0.25, 0.3) is 38.6 Å². The first kappa shape index (κ1) is 33.8. The van der Waals surface area contributed by atoms with E-state index in [4.69, 9.17) is 9.47 Å². The minimum absolute atomic E-state index is 0.393. The number of nitrogens with zero attached hydrogens (tertiary/aromatic N) is 2. The van der Waals surface area contributed by atoms with Gasteiger partial charge in [-0.1, -0.05) is 84.9 Å². The minimum Gasteiger partial charge on any atom is -0.423 e. The summed E-state index contributed by atoms with van der Waals surface area (Å²) in [6.07, 6.45) is 0.799. The molecule has 10 rings (SSSR count). The van der Waals surface area contributed by atoms with Crippen molar-refractivity contribution in [2.24, 2.45) is 0 Å². The molecular weight excluding hydrogens is 705 g/mol. The Hall–Kier alpha value is -7.70. The van der Waals surface area contributed by atoms with E-state index in [0.717, 1.165) is 62.1 Å². The highest BCUT2D eigenvalue weighted by molar-refractivity contribution is 6.10. The highest BCUT2D eigenvalue weighted by atomic mass is 16.5. The van der Waals surface area contributed by atoms with Gasteiger partial charge in [0.25, 0.3) is 0 Å². The summed E-state index contributed by atoms with van der Waals surface area (Å²) in [7, 11) is 0. The molecule has 1 aliphatic rings. The number of benzene rings is 8. The van der Waals surface area contributed by atoms with Crippen LogP contribution in [-0.2, 0) is 6.42 Å². The van der Waals surface area contributed by atoms with Crippen LogP contribution in [0.3, 0.4) is 0 Å². The third-order valence-electron chi connectivity index (χ3n) is 10.6. The largest absolute Gasteiger partial charge is 0.423 e. The summed E-state index contributed by atoms with van der Waals surface area (Å²) < 4.78 is 13.4. The van der Waals surface area contributed by atoms with Gasteiger partial charge in [-0.3, -0.25) is 0 Å². The standard InChI is InChI=1S/C51H34N2O4/c54-50(56-42-12-3-1-4-13-42)34-19-25-40(26-20-34)52-46-17-9-7-11-38(46)32-39-31-36(23-29-47(39)52)37-24-30-49-45(33-37)44-16-8-10-18-48(44)53(49)41-27-21-35(22-28-41)51(55)57-43-14-5-2-6-15-43/h1-31,33H,32H2. The zero-order valence-electron chi connectivity index (χ0n) is 30.7. The van der Waals surface area contributed by atoms with Crippen LogP contribution in [0.1, 0.15) is 31.8 Å². The monoisotopic (exact) mass is 738 g/mol. The lowest BCUT2D eigenvalue weighted by atomic mass is 9.91. The molecule has 57 heavy (non-hydrogen) atoms. The van der Waals surface area contributed by atoms with Gasteiger partial charge in [0.15, 0.2) is 0 Å². The fourth-order valence-corrected chi connectivity index (χ4v) is 7.85. The number of carbonyl (C=O) groups is 2. The molecule has 0 amide bonds. The van der Waals surface area contributed by atoms with Gasteiger partial charge in [0.05, 0.1) is 22.2 Å². The zero-order chi connectivity index (χ0) is 38.3. The Morgan fingerprint density at radius 2 is 0.947 bits per heavy atom. The molecule has 1 aliphatic heterocycles. The Morgan fingerprint density at radius 3 is 1.63 bits per heavy atom. The van der Waals surface area contributed by atoms with Crippen molar-refractivity contribution in [2.75, 3.05) is 4.90 Å². The number of fused-ring (bicyclic) bond motifs is 5. The van der Waals surface area contributed by atoms with Crippen LogP contribution in [0.4, 0.5) is 17.1 Å². The predicted molar refractivity (Wildman–Crippen MR) is 227 cm³/mol. The Labute approximate surface area is 329 Å². The molecule has 0 unspecified atom stereocenters. The summed E-state index contributed by atoms with van der Waals surface area (Å²) in [5.41, 5.74) is 12.0. The average Bonchev–Trinajstić information content (AvgIpc) is 3.60. The number of esters is 2. The van der Waals surface area contributed by atoms with Gasteiger partial charge in [0.1, 0.15) is 11.5 Å². The number of ether oxygens (including phenoxy) is 2. The van der Waals surface area contributed by atoms with Gasteiger partial charge in [-0.2, -0.15) is 0 Å². The van der Waals surface area contributed by atoms with Gasteiger partial charge >= 0.3 is 11.9 Å². The lowest BCUT2D eigenvalue weighted by molar-refractivity contribution is 0.0725. The highest BCUT2D eigenvalue weighted by Gasteiger charge is 2.25. The van der Waals surface area contributed by atoms with E-state index in [2.05, 4.69) is 94.4 Å². The SMILES string of the molecule is O=C(Oc1ccccc1)c1ccc(N2c3ccccc3Cc3cc(-c4ccc5c(c4)c4ccccc4n5-c4ccc(C(=O)Oc5ccccc5)cc4)ccc32)cc1. The summed E-state index contributed by atoms with van der Waals surface area (Å²) in [5, 5.41) is 2.29. The fraction of sp³-hybridized carbons (Fsp3) is 0.0196. The molecule has 0 saturated carbocycles. The van der Waals surface area contributed by atoms with Crippen molar-refractivity contribution in [1.82, 2.24) is 4.57 Å². The second kappa shape index (κ2) is 14.2. The minimum atomic E-state index is -0.393. The molecule has 0 bridgehead atoms. The van der Waals surface area contributed by atoms with Crippen molar-refractivity contribution in [1.29, 1.82) is 0 Å². The van der Waals surface area contributed by atoms with Crippen molar-refractivity contribution in [2.45, 2.75) is 6.42 Å². The van der Waals surface area contributed by atoms with E-state index >= 15 is 0 Å². The van der Waals surface area contributed by atoms with Crippen LogP contribution in [0.2, 0.25) is 0 Å². The molecule has 0 radical (unpaired) electrons. The summed E-state index contributed by atoms with van der Waals surface area (Å²) >= 11 is 0. The van der Waals surface area contributed by atoms with Crippen molar-refractivity contribution in [3.05, 3.63) is 216 Å². The summed E-state index contributed by atoms with van der Waals surface area (Å²) in [6, 6.07) is 63.7. The summed E-state index contributed by atoms with van der Waals surface area (Å²) in [4.78, 5) is 28.1. The molecule has 0 atom stereocenters. The van der Waals surface area contributed by atoms with Gasteiger partial charge in [-0.15, -0.1) is 0 Å². The number of aromatic nitrogens is 1. The molecule has 0 saturated heterocycles. The normalized spacial score (nSPS) is 11.9. The van der Waals surface area contributed by atoms with Gasteiger partial charge < -0.3 is 18.9 Å². The van der Waals surface area contributed by atoms with Crippen LogP contribution in [0, 0.1) is 0 Å². The molecule has 0 spiro atoms. The quantitative estimate of drug-likeness (QED) is 0.120. The molecule has 0 fully saturated rings. The van der Waals surface area contributed by atoms with Crippen LogP contribution in [0.5, 0.6) is 11.5 Å². The first-order valence-corrected chi connectivity index (χ1v) is 18.9.